The van der Waals surface area contributed by atoms with Crippen molar-refractivity contribution in [2.45, 2.75) is 43.7 Å². The van der Waals surface area contributed by atoms with Gasteiger partial charge in [0.1, 0.15) is 41.5 Å². The molecule has 0 radical (unpaired) electrons. The minimum absolute atomic E-state index is 0.0286. The maximum atomic E-state index is 13.0. The van der Waals surface area contributed by atoms with Crippen LogP contribution in [0.2, 0.25) is 0 Å². The molecular formula is C31H34N8O4. The SMILES string of the molecule is Nc1nccn2c([C@@H]3CCCN(C(O)CN4CCOC4=O)C3)nc(-c3ccc(C(=O)Nc4cc(C5CC5)ccn4)cc3)c12. The van der Waals surface area contributed by atoms with Gasteiger partial charge in [-0.15, -0.1) is 0 Å². The Morgan fingerprint density at radius 1 is 1.09 bits per heavy atom. The topological polar surface area (TPSA) is 151 Å². The highest BCUT2D eigenvalue weighted by molar-refractivity contribution is 6.04. The van der Waals surface area contributed by atoms with E-state index in [2.05, 4.69) is 15.3 Å². The summed E-state index contributed by atoms with van der Waals surface area (Å²) in [5, 5.41) is 13.9. The van der Waals surface area contributed by atoms with Crippen molar-refractivity contribution >= 4 is 29.2 Å². The van der Waals surface area contributed by atoms with Gasteiger partial charge in [-0.05, 0) is 61.4 Å². The Balaban J connectivity index is 1.11. The molecule has 5 heterocycles. The van der Waals surface area contributed by atoms with Crippen LogP contribution >= 0.6 is 0 Å². The number of pyridine rings is 1. The maximum absolute atomic E-state index is 13.0. The molecule has 0 bridgehead atoms. The van der Waals surface area contributed by atoms with Crippen molar-refractivity contribution in [3.05, 3.63) is 71.9 Å². The lowest BCUT2D eigenvalue weighted by atomic mass is 9.97. The first kappa shape index (κ1) is 27.3. The molecule has 12 heteroatoms. The largest absolute Gasteiger partial charge is 0.448 e. The van der Waals surface area contributed by atoms with Crippen LogP contribution in [0.15, 0.2) is 55.0 Å². The van der Waals surface area contributed by atoms with E-state index in [4.69, 9.17) is 15.5 Å². The van der Waals surface area contributed by atoms with Crippen LogP contribution in [0.3, 0.4) is 0 Å². The Labute approximate surface area is 248 Å². The second-order valence-electron chi connectivity index (χ2n) is 11.5. The first-order valence-electron chi connectivity index (χ1n) is 14.8. The lowest BCUT2D eigenvalue weighted by molar-refractivity contribution is -0.0271. The summed E-state index contributed by atoms with van der Waals surface area (Å²) in [6.07, 6.45) is 8.20. The van der Waals surface area contributed by atoms with Crippen molar-refractivity contribution in [2.24, 2.45) is 0 Å². The number of hydrogen-bond donors (Lipinski definition) is 3. The first-order chi connectivity index (χ1) is 20.9. The highest BCUT2D eigenvalue weighted by atomic mass is 16.6. The van der Waals surface area contributed by atoms with Gasteiger partial charge in [0.05, 0.1) is 13.1 Å². The van der Waals surface area contributed by atoms with Gasteiger partial charge in [-0.2, -0.15) is 0 Å². The number of likely N-dealkylation sites (tertiary alicyclic amines) is 1. The van der Waals surface area contributed by atoms with Crippen molar-refractivity contribution in [2.75, 3.05) is 43.8 Å². The second kappa shape index (κ2) is 11.3. The highest BCUT2D eigenvalue weighted by Gasteiger charge is 2.32. The van der Waals surface area contributed by atoms with Gasteiger partial charge in [-0.25, -0.2) is 19.7 Å². The zero-order chi connectivity index (χ0) is 29.5. The van der Waals surface area contributed by atoms with Crippen LogP contribution < -0.4 is 11.1 Å². The summed E-state index contributed by atoms with van der Waals surface area (Å²) in [5.74, 6) is 2.12. The fourth-order valence-corrected chi connectivity index (χ4v) is 6.12. The number of piperidine rings is 1. The number of nitrogens with one attached hydrogen (secondary N) is 1. The normalized spacial score (nSPS) is 19.9. The third-order valence-corrected chi connectivity index (χ3v) is 8.57. The van der Waals surface area contributed by atoms with Gasteiger partial charge < -0.3 is 25.8 Å². The number of ether oxygens (including phenoxy) is 1. The third-order valence-electron chi connectivity index (χ3n) is 8.57. The Kier molecular flexibility index (Phi) is 7.15. The smallest absolute Gasteiger partial charge is 0.410 e. The summed E-state index contributed by atoms with van der Waals surface area (Å²) >= 11 is 0. The average Bonchev–Trinajstić information content (AvgIpc) is 3.69. The molecule has 2 saturated heterocycles. The number of carbonyl (C=O) groups is 2. The summed E-state index contributed by atoms with van der Waals surface area (Å²) in [5.41, 5.74) is 10.3. The lowest BCUT2D eigenvalue weighted by Crippen LogP contribution is -2.48. The molecular weight excluding hydrogens is 548 g/mol. The van der Waals surface area contributed by atoms with E-state index in [9.17, 15) is 14.7 Å². The Hall–Kier alpha value is -4.55. The first-order valence-corrected chi connectivity index (χ1v) is 14.8. The standard InChI is InChI=1S/C31H34N8O4/c32-28-27-26(20-5-7-21(8-6-20)30(41)35-24-16-22(9-10-33-24)19-3-4-19)36-29(39(27)13-11-34-28)23-2-1-12-37(17-23)25(40)18-38-14-15-43-31(38)42/h5-11,13,16,19,23,25,40H,1-4,12,14-15,17-18H2,(H2,32,34)(H,33,35,41)/t23-,25?/m1/s1. The van der Waals surface area contributed by atoms with Crippen LogP contribution in [0.4, 0.5) is 16.4 Å². The number of aliphatic hydroxyl groups excluding tert-OH is 1. The number of imidazole rings is 1. The van der Waals surface area contributed by atoms with Gasteiger partial charge in [0, 0.05) is 48.7 Å². The van der Waals surface area contributed by atoms with Crippen LogP contribution in [0.25, 0.3) is 16.8 Å². The predicted molar refractivity (Wildman–Crippen MR) is 159 cm³/mol. The van der Waals surface area contributed by atoms with Gasteiger partial charge in [0.15, 0.2) is 0 Å². The molecule has 3 aliphatic rings. The highest BCUT2D eigenvalue weighted by Crippen LogP contribution is 2.40. The van der Waals surface area contributed by atoms with Crippen LogP contribution in [0.5, 0.6) is 0 Å². The number of nitrogens with zero attached hydrogens (tertiary/aromatic N) is 6. The van der Waals surface area contributed by atoms with E-state index >= 15 is 0 Å². The van der Waals surface area contributed by atoms with Gasteiger partial charge in [-0.1, -0.05) is 12.1 Å². The number of nitrogen functional groups attached to an aromatic ring is 1. The van der Waals surface area contributed by atoms with Gasteiger partial charge >= 0.3 is 6.09 Å². The molecule has 4 N–H and O–H groups in total. The third kappa shape index (κ3) is 5.51. The molecule has 1 aliphatic carbocycles. The molecule has 1 aromatic carbocycles. The van der Waals surface area contributed by atoms with E-state index in [1.165, 1.54) is 23.3 Å². The van der Waals surface area contributed by atoms with Crippen molar-refractivity contribution in [1.29, 1.82) is 0 Å². The van der Waals surface area contributed by atoms with Gasteiger partial charge in [0.2, 0.25) is 0 Å². The Morgan fingerprint density at radius 3 is 2.70 bits per heavy atom. The minimum Gasteiger partial charge on any atom is -0.448 e. The quantitative estimate of drug-likeness (QED) is 0.284. The molecule has 1 unspecified atom stereocenters. The van der Waals surface area contributed by atoms with Crippen LogP contribution in [-0.4, -0.2) is 85.3 Å². The molecule has 4 aromatic rings. The number of anilines is 2. The second-order valence-corrected chi connectivity index (χ2v) is 11.5. The molecule has 2 aliphatic heterocycles. The number of aromatic nitrogens is 4. The summed E-state index contributed by atoms with van der Waals surface area (Å²) in [6, 6.07) is 11.2. The zero-order valence-electron chi connectivity index (χ0n) is 23.7. The number of nitrogens with two attached hydrogens (primary N) is 1. The van der Waals surface area contributed by atoms with Crippen LogP contribution in [-0.2, 0) is 4.74 Å². The predicted octanol–water partition coefficient (Wildman–Crippen LogP) is 3.45. The Bertz CT molecular complexity index is 1670. The number of hydrogen-bond acceptors (Lipinski definition) is 9. The molecule has 2 amide bonds. The molecule has 3 fully saturated rings. The number of carbonyl (C=O) groups excluding carboxylic acids is 2. The molecule has 3 aromatic heterocycles. The molecule has 2 atom stereocenters. The number of fused-ring (bicyclic) bond motifs is 1. The van der Waals surface area contributed by atoms with Gasteiger partial charge in [0.25, 0.3) is 5.91 Å². The fourth-order valence-electron chi connectivity index (χ4n) is 6.12. The van der Waals surface area contributed by atoms with E-state index in [1.54, 1.807) is 24.5 Å². The van der Waals surface area contributed by atoms with Gasteiger partial charge in [-0.3, -0.25) is 14.1 Å². The number of aliphatic hydroxyl groups is 1. The summed E-state index contributed by atoms with van der Waals surface area (Å²) < 4.78 is 6.99. The number of cyclic esters (lactones) is 1. The van der Waals surface area contributed by atoms with E-state index < -0.39 is 6.23 Å². The summed E-state index contributed by atoms with van der Waals surface area (Å²) in [4.78, 5) is 42.1. The van der Waals surface area contributed by atoms with E-state index in [0.717, 1.165) is 30.8 Å². The molecule has 1 saturated carbocycles. The summed E-state index contributed by atoms with van der Waals surface area (Å²) in [7, 11) is 0. The monoisotopic (exact) mass is 582 g/mol. The maximum Gasteiger partial charge on any atom is 0.410 e. The minimum atomic E-state index is -0.795. The van der Waals surface area contributed by atoms with E-state index in [-0.39, 0.29) is 24.5 Å². The molecule has 0 spiro atoms. The molecule has 7 rings (SSSR count). The Morgan fingerprint density at radius 2 is 1.93 bits per heavy atom. The average molecular weight is 583 g/mol. The molecule has 222 valence electrons. The van der Waals surface area contributed by atoms with E-state index in [0.29, 0.717) is 54.0 Å². The summed E-state index contributed by atoms with van der Waals surface area (Å²) in [6.45, 7) is 2.35. The van der Waals surface area contributed by atoms with Crippen molar-refractivity contribution in [3.63, 3.8) is 0 Å². The zero-order valence-corrected chi connectivity index (χ0v) is 23.7. The van der Waals surface area contributed by atoms with E-state index in [1.807, 2.05) is 39.8 Å². The van der Waals surface area contributed by atoms with Crippen molar-refractivity contribution in [3.8, 4) is 11.3 Å². The number of amides is 2. The van der Waals surface area contributed by atoms with Crippen molar-refractivity contribution < 1.29 is 19.4 Å². The number of benzene rings is 1. The fraction of sp³-hybridized carbons (Fsp3) is 0.387. The molecule has 43 heavy (non-hydrogen) atoms. The van der Waals surface area contributed by atoms with Crippen LogP contribution in [0, 0.1) is 0 Å². The van der Waals surface area contributed by atoms with Crippen LogP contribution in [0.1, 0.15) is 59.3 Å². The number of β-amino-alcohol motifs (C(OH)–C–C–N with tert-alkyl or cyclic N) is 1. The lowest BCUT2D eigenvalue weighted by Gasteiger charge is -2.36. The van der Waals surface area contributed by atoms with Crippen molar-refractivity contribution in [1.82, 2.24) is 29.2 Å². The molecule has 12 nitrogen and oxygen atoms in total. The number of rotatable bonds is 8.